The molecule has 1 aliphatic rings. The van der Waals surface area contributed by atoms with Crippen molar-refractivity contribution in [1.82, 2.24) is 5.43 Å². The van der Waals surface area contributed by atoms with Crippen molar-refractivity contribution in [2.45, 2.75) is 31.7 Å². The number of nitrogens with two attached hydrogens (primary N) is 1. The summed E-state index contributed by atoms with van der Waals surface area (Å²) in [6, 6.07) is 0.527. The van der Waals surface area contributed by atoms with Crippen LogP contribution in [0.1, 0.15) is 25.7 Å². The van der Waals surface area contributed by atoms with E-state index >= 15 is 0 Å². The maximum atomic E-state index is 5.56. The molecular weight excluding hydrogens is 148 g/mol. The molecule has 1 unspecified atom stereocenters. The Bertz CT molecular complexity index is 93.6. The third kappa shape index (κ3) is 2.45. The molecule has 0 heterocycles. The van der Waals surface area contributed by atoms with Crippen LogP contribution in [0.25, 0.3) is 0 Å². The molecule has 0 radical (unpaired) electrons. The Morgan fingerprint density at radius 2 is 2.30 bits per heavy atom. The molecule has 0 aliphatic heterocycles. The number of rotatable bonds is 5. The second-order valence-corrected chi connectivity index (χ2v) is 3.32. The number of halogens is 1. The van der Waals surface area contributed by atoms with Crippen LogP contribution in [-0.4, -0.2) is 11.9 Å². The normalized spacial score (nSPS) is 21.0. The molecule has 1 fully saturated rings. The maximum absolute atomic E-state index is 5.56. The molecule has 0 aromatic rings. The molecule has 0 spiro atoms. The van der Waals surface area contributed by atoms with Crippen LogP contribution in [0.4, 0.5) is 0 Å². The topological polar surface area (TPSA) is 38.0 Å². The lowest BCUT2D eigenvalue weighted by molar-refractivity contribution is 0.442. The molecule has 3 N–H and O–H groups in total. The van der Waals surface area contributed by atoms with Crippen molar-refractivity contribution in [1.29, 1.82) is 0 Å². The second kappa shape index (κ2) is 4.16. The lowest BCUT2D eigenvalue weighted by Crippen LogP contribution is -2.36. The third-order valence-corrected chi connectivity index (χ3v) is 2.32. The van der Waals surface area contributed by atoms with Gasteiger partial charge in [-0.3, -0.25) is 11.3 Å². The van der Waals surface area contributed by atoms with Gasteiger partial charge in [-0.05, 0) is 31.6 Å². The first kappa shape index (κ1) is 8.31. The fraction of sp³-hybridized carbons (Fsp3) is 1.00. The summed E-state index contributed by atoms with van der Waals surface area (Å²) in [6.45, 7) is 0. The van der Waals surface area contributed by atoms with E-state index in [1.54, 1.807) is 0 Å². The Morgan fingerprint density at radius 1 is 1.60 bits per heavy atom. The first-order valence-corrected chi connectivity index (χ1v) is 4.44. The highest BCUT2D eigenvalue weighted by molar-refractivity contribution is 6.17. The van der Waals surface area contributed by atoms with E-state index in [1.807, 2.05) is 0 Å². The van der Waals surface area contributed by atoms with Crippen LogP contribution < -0.4 is 11.3 Å². The van der Waals surface area contributed by atoms with Crippen LogP contribution in [0.5, 0.6) is 0 Å². The van der Waals surface area contributed by atoms with Crippen molar-refractivity contribution >= 4 is 11.6 Å². The second-order valence-electron chi connectivity index (χ2n) is 2.94. The van der Waals surface area contributed by atoms with Gasteiger partial charge in [0.15, 0.2) is 0 Å². The summed E-state index contributed by atoms with van der Waals surface area (Å²) in [5, 5.41) is 0. The first-order valence-electron chi connectivity index (χ1n) is 3.90. The maximum Gasteiger partial charge on any atom is 0.0239 e. The molecule has 10 heavy (non-hydrogen) atoms. The van der Waals surface area contributed by atoms with Gasteiger partial charge in [-0.1, -0.05) is 0 Å². The molecule has 1 atom stereocenters. The summed E-state index contributed by atoms with van der Waals surface area (Å²) in [5.74, 6) is 6.96. The molecule has 60 valence electrons. The van der Waals surface area contributed by atoms with Gasteiger partial charge < -0.3 is 0 Å². The molecule has 0 aromatic heterocycles. The van der Waals surface area contributed by atoms with Crippen LogP contribution in [0.15, 0.2) is 0 Å². The van der Waals surface area contributed by atoms with Crippen molar-refractivity contribution in [2.24, 2.45) is 11.8 Å². The Morgan fingerprint density at radius 3 is 2.70 bits per heavy atom. The number of hydrogen-bond acceptors (Lipinski definition) is 2. The van der Waals surface area contributed by atoms with E-state index in [4.69, 9.17) is 17.4 Å². The minimum Gasteiger partial charge on any atom is -0.271 e. The average molecular weight is 163 g/mol. The van der Waals surface area contributed by atoms with Gasteiger partial charge in [0.1, 0.15) is 0 Å². The molecule has 0 aromatic carbocycles. The highest BCUT2D eigenvalue weighted by Crippen LogP contribution is 2.34. The van der Waals surface area contributed by atoms with E-state index in [1.165, 1.54) is 12.8 Å². The van der Waals surface area contributed by atoms with E-state index in [9.17, 15) is 0 Å². The Hall–Kier alpha value is 0.210. The zero-order valence-corrected chi connectivity index (χ0v) is 6.90. The molecule has 0 saturated heterocycles. The van der Waals surface area contributed by atoms with Gasteiger partial charge in [0.05, 0.1) is 0 Å². The van der Waals surface area contributed by atoms with Crippen LogP contribution in [0.2, 0.25) is 0 Å². The highest BCUT2D eigenvalue weighted by Gasteiger charge is 2.29. The number of nitrogens with one attached hydrogen (secondary N) is 1. The van der Waals surface area contributed by atoms with Gasteiger partial charge in [0, 0.05) is 11.9 Å². The summed E-state index contributed by atoms with van der Waals surface area (Å²) in [4.78, 5) is 0. The predicted molar refractivity (Wildman–Crippen MR) is 43.8 cm³/mol. The lowest BCUT2D eigenvalue weighted by atomic mass is 10.1. The van der Waals surface area contributed by atoms with Crippen LogP contribution in [0.3, 0.4) is 0 Å². The third-order valence-electron chi connectivity index (χ3n) is 2.05. The van der Waals surface area contributed by atoms with Crippen LogP contribution in [-0.2, 0) is 0 Å². The summed E-state index contributed by atoms with van der Waals surface area (Å²) in [5.41, 5.74) is 2.84. The molecule has 1 saturated carbocycles. The SMILES string of the molecule is NNC(CCCCl)C1CC1. The van der Waals surface area contributed by atoms with Gasteiger partial charge in [-0.15, -0.1) is 11.6 Å². The Kier molecular flexibility index (Phi) is 3.46. The number of hydrazine groups is 1. The molecule has 1 aliphatic carbocycles. The van der Waals surface area contributed by atoms with Crippen molar-refractivity contribution in [3.8, 4) is 0 Å². The van der Waals surface area contributed by atoms with Crippen molar-refractivity contribution in [3.63, 3.8) is 0 Å². The lowest BCUT2D eigenvalue weighted by Gasteiger charge is -2.12. The summed E-state index contributed by atoms with van der Waals surface area (Å²) in [7, 11) is 0. The summed E-state index contributed by atoms with van der Waals surface area (Å²) < 4.78 is 0. The zero-order valence-electron chi connectivity index (χ0n) is 6.15. The first-order chi connectivity index (χ1) is 4.88. The zero-order chi connectivity index (χ0) is 7.40. The molecule has 0 amide bonds. The predicted octanol–water partition coefficient (Wildman–Crippen LogP) is 1.25. The van der Waals surface area contributed by atoms with Crippen LogP contribution in [0, 0.1) is 5.92 Å². The fourth-order valence-electron chi connectivity index (χ4n) is 1.25. The van der Waals surface area contributed by atoms with Gasteiger partial charge in [0.25, 0.3) is 0 Å². The van der Waals surface area contributed by atoms with E-state index in [0.717, 1.165) is 24.6 Å². The Labute approximate surface area is 67.1 Å². The largest absolute Gasteiger partial charge is 0.271 e. The quantitative estimate of drug-likeness (QED) is 0.363. The van der Waals surface area contributed by atoms with Crippen molar-refractivity contribution < 1.29 is 0 Å². The minimum atomic E-state index is 0.527. The molecule has 2 nitrogen and oxygen atoms in total. The molecule has 0 bridgehead atoms. The number of alkyl halides is 1. The number of hydrogen-bond donors (Lipinski definition) is 2. The van der Waals surface area contributed by atoms with Crippen LogP contribution >= 0.6 is 11.6 Å². The standard InChI is InChI=1S/C7H15ClN2/c8-5-1-2-7(10-9)6-3-4-6/h6-7,10H,1-5,9H2. The van der Waals surface area contributed by atoms with E-state index < -0.39 is 0 Å². The highest BCUT2D eigenvalue weighted by atomic mass is 35.5. The molecule has 1 rings (SSSR count). The molecule has 3 heteroatoms. The van der Waals surface area contributed by atoms with E-state index in [0.29, 0.717) is 6.04 Å². The summed E-state index contributed by atoms with van der Waals surface area (Å²) >= 11 is 5.56. The van der Waals surface area contributed by atoms with Gasteiger partial charge in [0.2, 0.25) is 0 Å². The fourth-order valence-corrected chi connectivity index (χ4v) is 1.41. The van der Waals surface area contributed by atoms with Crippen molar-refractivity contribution in [3.05, 3.63) is 0 Å². The van der Waals surface area contributed by atoms with E-state index in [2.05, 4.69) is 5.43 Å². The monoisotopic (exact) mass is 162 g/mol. The van der Waals surface area contributed by atoms with Crippen molar-refractivity contribution in [2.75, 3.05) is 5.88 Å². The minimum absolute atomic E-state index is 0.527. The van der Waals surface area contributed by atoms with Gasteiger partial charge in [-0.25, -0.2) is 0 Å². The van der Waals surface area contributed by atoms with Gasteiger partial charge >= 0.3 is 0 Å². The smallest absolute Gasteiger partial charge is 0.0239 e. The average Bonchev–Trinajstić information content (AvgIpc) is 2.73. The van der Waals surface area contributed by atoms with E-state index in [-0.39, 0.29) is 0 Å². The Balaban J connectivity index is 2.07. The molecular formula is C7H15ClN2. The van der Waals surface area contributed by atoms with Gasteiger partial charge in [-0.2, -0.15) is 0 Å². The summed E-state index contributed by atoms with van der Waals surface area (Å²) in [6.07, 6.45) is 4.89.